The molecule has 1 aliphatic carbocycles. The van der Waals surface area contributed by atoms with E-state index in [1.54, 1.807) is 14.0 Å². The summed E-state index contributed by atoms with van der Waals surface area (Å²) in [5.41, 5.74) is 1.11. The van der Waals surface area contributed by atoms with Gasteiger partial charge in [0, 0.05) is 29.8 Å². The van der Waals surface area contributed by atoms with Gasteiger partial charge in [0.2, 0.25) is 5.91 Å². The van der Waals surface area contributed by atoms with Gasteiger partial charge in [0.05, 0.1) is 19.9 Å². The summed E-state index contributed by atoms with van der Waals surface area (Å²) in [6, 6.07) is 6.01. The van der Waals surface area contributed by atoms with E-state index in [1.165, 1.54) is 7.11 Å². The summed E-state index contributed by atoms with van der Waals surface area (Å²) < 4.78 is 10.7. The van der Waals surface area contributed by atoms with Crippen LogP contribution in [0.15, 0.2) is 18.2 Å². The fraction of sp³-hybridized carbons (Fsp3) is 0.652. The lowest BCUT2D eigenvalue weighted by Crippen LogP contribution is -2.69. The average molecular weight is 415 g/mol. The molecule has 0 bridgehead atoms. The van der Waals surface area contributed by atoms with Gasteiger partial charge in [-0.2, -0.15) is 0 Å². The third-order valence-electron chi connectivity index (χ3n) is 8.36. The molecule has 0 radical (unpaired) electrons. The monoisotopic (exact) mass is 414 g/mol. The molecule has 162 valence electrons. The predicted molar refractivity (Wildman–Crippen MR) is 111 cm³/mol. The highest BCUT2D eigenvalue weighted by Gasteiger charge is 2.71. The minimum absolute atomic E-state index is 0.00683. The third-order valence-corrected chi connectivity index (χ3v) is 8.36. The van der Waals surface area contributed by atoms with E-state index >= 15 is 0 Å². The second kappa shape index (κ2) is 6.69. The number of aliphatic hydroxyl groups excluding tert-OH is 1. The smallest absolute Gasteiger partial charge is 0.335 e. The van der Waals surface area contributed by atoms with Gasteiger partial charge in [0.1, 0.15) is 5.75 Å². The quantitative estimate of drug-likeness (QED) is 0.761. The lowest BCUT2D eigenvalue weighted by Gasteiger charge is -2.59. The molecule has 7 heteroatoms. The second-order valence-corrected chi connectivity index (χ2v) is 9.29. The molecule has 1 N–H and O–H groups in total. The van der Waals surface area contributed by atoms with Crippen LogP contribution in [0, 0.1) is 5.41 Å². The number of carbonyl (C=O) groups is 2. The fourth-order valence-electron chi connectivity index (χ4n) is 7.49. The molecule has 1 saturated carbocycles. The summed E-state index contributed by atoms with van der Waals surface area (Å²) in [6.45, 7) is 3.47. The number of anilines is 1. The Labute approximate surface area is 176 Å². The lowest BCUT2D eigenvalue weighted by atomic mass is 9.51. The third kappa shape index (κ3) is 2.22. The van der Waals surface area contributed by atoms with Gasteiger partial charge in [0.25, 0.3) is 0 Å². The fourth-order valence-corrected chi connectivity index (χ4v) is 7.49. The molecule has 4 aliphatic rings. The number of benzene rings is 1. The Kier molecular flexibility index (Phi) is 4.42. The van der Waals surface area contributed by atoms with Crippen LogP contribution >= 0.6 is 0 Å². The second-order valence-electron chi connectivity index (χ2n) is 9.29. The van der Waals surface area contributed by atoms with Gasteiger partial charge in [-0.3, -0.25) is 9.69 Å². The van der Waals surface area contributed by atoms with E-state index in [4.69, 9.17) is 9.47 Å². The average Bonchev–Trinajstić information content (AvgIpc) is 3.30. The van der Waals surface area contributed by atoms with Gasteiger partial charge in [-0.15, -0.1) is 0 Å². The van der Waals surface area contributed by atoms with Crippen molar-refractivity contribution in [1.29, 1.82) is 0 Å². The Hall–Kier alpha value is -2.12. The van der Waals surface area contributed by atoms with Crippen LogP contribution in [0.1, 0.15) is 44.6 Å². The van der Waals surface area contributed by atoms with Gasteiger partial charge < -0.3 is 19.5 Å². The first-order valence-corrected chi connectivity index (χ1v) is 10.9. The summed E-state index contributed by atoms with van der Waals surface area (Å²) in [5.74, 6) is 0.169. The number of hydrogen-bond donors (Lipinski definition) is 1. The van der Waals surface area contributed by atoms with Crippen molar-refractivity contribution >= 4 is 17.6 Å². The molecule has 30 heavy (non-hydrogen) atoms. The minimum Gasteiger partial charge on any atom is -0.495 e. The number of carbonyl (C=O) groups excluding carboxylic acids is 2. The maximum absolute atomic E-state index is 12.9. The predicted octanol–water partition coefficient (Wildman–Crippen LogP) is 1.85. The molecular formula is C23H30N2O5. The van der Waals surface area contributed by atoms with E-state index in [9.17, 15) is 14.7 Å². The van der Waals surface area contributed by atoms with Gasteiger partial charge in [-0.1, -0.05) is 12.1 Å². The number of aliphatic hydroxyl groups is 1. The molecule has 1 amide bonds. The molecule has 3 fully saturated rings. The van der Waals surface area contributed by atoms with Crippen molar-refractivity contribution < 1.29 is 24.2 Å². The number of methoxy groups -OCH3 is 2. The Morgan fingerprint density at radius 2 is 2.00 bits per heavy atom. The van der Waals surface area contributed by atoms with Crippen molar-refractivity contribution in [2.45, 2.75) is 62.6 Å². The van der Waals surface area contributed by atoms with Crippen LogP contribution in [0.2, 0.25) is 0 Å². The Morgan fingerprint density at radius 1 is 1.20 bits per heavy atom. The van der Waals surface area contributed by atoms with Gasteiger partial charge in [-0.25, -0.2) is 4.79 Å². The number of amides is 1. The molecule has 1 spiro atoms. The topological polar surface area (TPSA) is 79.3 Å². The molecule has 3 heterocycles. The Morgan fingerprint density at radius 3 is 2.70 bits per heavy atom. The number of ether oxygens (including phenoxy) is 2. The number of fused-ring (bicyclic) bond motifs is 1. The highest BCUT2D eigenvalue weighted by molar-refractivity contribution is 5.98. The summed E-state index contributed by atoms with van der Waals surface area (Å²) in [6.07, 6.45) is 2.92. The van der Waals surface area contributed by atoms with E-state index in [0.29, 0.717) is 12.2 Å². The molecule has 1 aromatic rings. The molecule has 1 aromatic carbocycles. The van der Waals surface area contributed by atoms with Crippen LogP contribution in [0.25, 0.3) is 0 Å². The van der Waals surface area contributed by atoms with Crippen LogP contribution < -0.4 is 9.64 Å². The highest BCUT2D eigenvalue weighted by atomic mass is 16.5. The zero-order valence-corrected chi connectivity index (χ0v) is 17.9. The molecule has 3 aliphatic heterocycles. The number of piperidine rings is 1. The lowest BCUT2D eigenvalue weighted by molar-refractivity contribution is -0.172. The zero-order valence-electron chi connectivity index (χ0n) is 17.9. The first-order valence-electron chi connectivity index (χ1n) is 10.9. The van der Waals surface area contributed by atoms with E-state index < -0.39 is 17.5 Å². The molecule has 5 rings (SSSR count). The molecule has 7 nitrogen and oxygen atoms in total. The molecular weight excluding hydrogens is 384 g/mol. The van der Waals surface area contributed by atoms with E-state index in [2.05, 4.69) is 11.0 Å². The SMILES string of the molecule is COC(=O)C(O)[C@@]12CCCN3CC[C@]4(c5cccc(OC)c5N(C(C)=O)[C@@H]4CC1)[C@H]32. The van der Waals surface area contributed by atoms with Crippen molar-refractivity contribution in [3.05, 3.63) is 23.8 Å². The Balaban J connectivity index is 1.74. The molecule has 2 saturated heterocycles. The van der Waals surface area contributed by atoms with Crippen molar-refractivity contribution in [2.75, 3.05) is 32.2 Å². The molecule has 5 atom stereocenters. The maximum atomic E-state index is 12.9. The Bertz CT molecular complexity index is 904. The van der Waals surface area contributed by atoms with E-state index in [0.717, 1.165) is 50.0 Å². The van der Waals surface area contributed by atoms with E-state index in [1.807, 2.05) is 17.0 Å². The first kappa shape index (κ1) is 19.8. The van der Waals surface area contributed by atoms with Crippen LogP contribution in [-0.4, -0.2) is 67.4 Å². The largest absolute Gasteiger partial charge is 0.495 e. The van der Waals surface area contributed by atoms with Gasteiger partial charge in [-0.05, 0) is 56.8 Å². The standard InChI is InChI=1S/C23H30N2O5/c1-14(26)25-17-8-10-22(19(27)20(28)30-3)9-5-12-24-13-11-23(17,21(22)24)15-6-4-7-16(29-2)18(15)25/h4,6-7,17,19,21,27H,5,8-13H2,1-3H3/t17-,19?,21-,22-,23-/m1/s1. The number of para-hydroxylation sites is 1. The number of esters is 1. The molecule has 0 aromatic heterocycles. The van der Waals surface area contributed by atoms with Crippen molar-refractivity contribution in [2.24, 2.45) is 5.41 Å². The maximum Gasteiger partial charge on any atom is 0.335 e. The number of hydrogen-bond acceptors (Lipinski definition) is 6. The molecule has 1 unspecified atom stereocenters. The number of rotatable bonds is 3. The first-order chi connectivity index (χ1) is 14.4. The minimum atomic E-state index is -1.16. The van der Waals surface area contributed by atoms with Gasteiger partial charge in [0.15, 0.2) is 6.10 Å². The van der Waals surface area contributed by atoms with Crippen LogP contribution in [0.4, 0.5) is 5.69 Å². The van der Waals surface area contributed by atoms with Crippen molar-refractivity contribution in [3.8, 4) is 5.75 Å². The van der Waals surface area contributed by atoms with Gasteiger partial charge >= 0.3 is 5.97 Å². The normalized spacial score (nSPS) is 35.3. The highest BCUT2D eigenvalue weighted by Crippen LogP contribution is 2.66. The summed E-state index contributed by atoms with van der Waals surface area (Å²) in [5, 5.41) is 11.2. The number of nitrogens with zero attached hydrogens (tertiary/aromatic N) is 2. The van der Waals surface area contributed by atoms with Crippen LogP contribution in [0.5, 0.6) is 5.75 Å². The van der Waals surface area contributed by atoms with Crippen molar-refractivity contribution in [1.82, 2.24) is 4.90 Å². The van der Waals surface area contributed by atoms with E-state index in [-0.39, 0.29) is 23.4 Å². The van der Waals surface area contributed by atoms with Crippen LogP contribution in [-0.2, 0) is 19.7 Å². The van der Waals surface area contributed by atoms with Crippen molar-refractivity contribution in [3.63, 3.8) is 0 Å². The summed E-state index contributed by atoms with van der Waals surface area (Å²) in [4.78, 5) is 29.8. The van der Waals surface area contributed by atoms with Crippen LogP contribution in [0.3, 0.4) is 0 Å². The summed E-state index contributed by atoms with van der Waals surface area (Å²) >= 11 is 0. The zero-order chi connectivity index (χ0) is 21.3. The summed E-state index contributed by atoms with van der Waals surface area (Å²) in [7, 11) is 2.98.